The van der Waals surface area contributed by atoms with E-state index in [4.69, 9.17) is 9.73 Å². The lowest BCUT2D eigenvalue weighted by atomic mass is 9.90. The summed E-state index contributed by atoms with van der Waals surface area (Å²) < 4.78 is 5.39. The van der Waals surface area contributed by atoms with Crippen molar-refractivity contribution in [3.63, 3.8) is 0 Å². The van der Waals surface area contributed by atoms with Crippen LogP contribution in [0.25, 0.3) is 0 Å². The van der Waals surface area contributed by atoms with E-state index in [-0.39, 0.29) is 23.3 Å². The molecule has 1 heterocycles. The Morgan fingerprint density at radius 3 is 2.60 bits per heavy atom. The molecule has 25 heavy (non-hydrogen) atoms. The number of amidine groups is 1. The molecular weight excluding hydrogens is 312 g/mol. The molecule has 2 aliphatic rings. The SMILES string of the molecule is COC1=CC2C(C=C1)N=C(Cc1ccccc1)N2CC(=O)C(C)(C)C. The Morgan fingerprint density at radius 2 is 1.96 bits per heavy atom. The van der Waals surface area contributed by atoms with Gasteiger partial charge in [-0.2, -0.15) is 0 Å². The normalized spacial score (nSPS) is 22.3. The summed E-state index contributed by atoms with van der Waals surface area (Å²) in [6.45, 7) is 6.27. The van der Waals surface area contributed by atoms with Gasteiger partial charge in [0.05, 0.1) is 25.7 Å². The number of Topliss-reactive ketones (excluding diaryl/α,β-unsaturated/α-hetero) is 1. The maximum atomic E-state index is 12.7. The van der Waals surface area contributed by atoms with Gasteiger partial charge >= 0.3 is 0 Å². The van der Waals surface area contributed by atoms with Crippen LogP contribution in [0.3, 0.4) is 0 Å². The minimum atomic E-state index is -0.367. The lowest BCUT2D eigenvalue weighted by Crippen LogP contribution is -2.45. The van der Waals surface area contributed by atoms with Crippen LogP contribution in [0.1, 0.15) is 26.3 Å². The monoisotopic (exact) mass is 338 g/mol. The topological polar surface area (TPSA) is 41.9 Å². The average Bonchev–Trinajstić information content (AvgIpc) is 2.91. The third kappa shape index (κ3) is 3.84. The summed E-state index contributed by atoms with van der Waals surface area (Å²) in [5.74, 6) is 2.01. The van der Waals surface area contributed by atoms with Crippen molar-refractivity contribution in [1.82, 2.24) is 4.90 Å². The lowest BCUT2D eigenvalue weighted by molar-refractivity contribution is -0.126. The number of ether oxygens (including phenoxy) is 1. The molecule has 4 nitrogen and oxygen atoms in total. The summed E-state index contributed by atoms with van der Waals surface area (Å²) in [5.41, 5.74) is 0.835. The van der Waals surface area contributed by atoms with Crippen molar-refractivity contribution in [2.24, 2.45) is 10.4 Å². The van der Waals surface area contributed by atoms with Gasteiger partial charge in [-0.05, 0) is 17.7 Å². The maximum absolute atomic E-state index is 12.7. The van der Waals surface area contributed by atoms with Crippen molar-refractivity contribution in [2.45, 2.75) is 39.3 Å². The van der Waals surface area contributed by atoms with Crippen molar-refractivity contribution in [2.75, 3.05) is 13.7 Å². The number of nitrogens with zero attached hydrogens (tertiary/aromatic N) is 2. The first-order valence-electron chi connectivity index (χ1n) is 8.73. The fourth-order valence-electron chi connectivity index (χ4n) is 3.09. The zero-order chi connectivity index (χ0) is 18.0. The quantitative estimate of drug-likeness (QED) is 0.826. The highest BCUT2D eigenvalue weighted by molar-refractivity contribution is 5.93. The highest BCUT2D eigenvalue weighted by Gasteiger charge is 2.37. The number of methoxy groups -OCH3 is 1. The van der Waals surface area contributed by atoms with E-state index >= 15 is 0 Å². The number of aliphatic imine (C=N–C) groups is 1. The number of hydrogen-bond acceptors (Lipinski definition) is 4. The van der Waals surface area contributed by atoms with Gasteiger partial charge in [-0.1, -0.05) is 57.2 Å². The molecule has 0 N–H and O–H groups in total. The molecule has 1 aliphatic heterocycles. The zero-order valence-corrected chi connectivity index (χ0v) is 15.4. The molecule has 1 aromatic rings. The Balaban J connectivity index is 1.87. The van der Waals surface area contributed by atoms with Gasteiger partial charge in [0.1, 0.15) is 11.6 Å². The molecular formula is C21H26N2O2. The molecule has 3 rings (SSSR count). The van der Waals surface area contributed by atoms with E-state index < -0.39 is 0 Å². The van der Waals surface area contributed by atoms with E-state index in [9.17, 15) is 4.79 Å². The highest BCUT2D eigenvalue weighted by atomic mass is 16.5. The Labute approximate surface area is 149 Å². The number of benzene rings is 1. The number of ketones is 1. The molecule has 0 saturated heterocycles. The fourth-order valence-corrected chi connectivity index (χ4v) is 3.09. The predicted molar refractivity (Wildman–Crippen MR) is 101 cm³/mol. The summed E-state index contributed by atoms with van der Waals surface area (Å²) in [6.07, 6.45) is 6.83. The maximum Gasteiger partial charge on any atom is 0.157 e. The third-order valence-corrected chi connectivity index (χ3v) is 4.72. The largest absolute Gasteiger partial charge is 0.497 e. The van der Waals surface area contributed by atoms with E-state index in [0.717, 1.165) is 18.0 Å². The van der Waals surface area contributed by atoms with Crippen molar-refractivity contribution < 1.29 is 9.53 Å². The van der Waals surface area contributed by atoms with Gasteiger partial charge in [0.2, 0.25) is 0 Å². The molecule has 0 fully saturated rings. The zero-order valence-electron chi connectivity index (χ0n) is 15.4. The molecule has 0 radical (unpaired) electrons. The van der Waals surface area contributed by atoms with Crippen LogP contribution in [-0.2, 0) is 16.0 Å². The standard InChI is InChI=1S/C21H26N2O2/c1-21(2,3)19(24)14-23-18-13-16(25-4)10-11-17(18)22-20(23)12-15-8-6-5-7-9-15/h5-11,13,17-18H,12,14H2,1-4H3. The molecule has 132 valence electrons. The molecule has 0 amide bonds. The van der Waals surface area contributed by atoms with Crippen molar-refractivity contribution in [1.29, 1.82) is 0 Å². The van der Waals surface area contributed by atoms with Crippen LogP contribution in [0, 0.1) is 5.41 Å². The van der Waals surface area contributed by atoms with E-state index in [1.54, 1.807) is 7.11 Å². The van der Waals surface area contributed by atoms with Crippen molar-refractivity contribution in [3.8, 4) is 0 Å². The summed E-state index contributed by atoms with van der Waals surface area (Å²) in [7, 11) is 1.67. The van der Waals surface area contributed by atoms with Crippen LogP contribution < -0.4 is 0 Å². The Kier molecular flexibility index (Phi) is 4.80. The Hall–Kier alpha value is -2.36. The second-order valence-corrected chi connectivity index (χ2v) is 7.62. The van der Waals surface area contributed by atoms with Gasteiger partial charge < -0.3 is 9.64 Å². The lowest BCUT2D eigenvalue weighted by Gasteiger charge is -2.31. The number of carbonyl (C=O) groups is 1. The van der Waals surface area contributed by atoms with E-state index in [1.807, 2.05) is 45.0 Å². The Bertz CT molecular complexity index is 726. The van der Waals surface area contributed by atoms with E-state index in [0.29, 0.717) is 6.54 Å². The van der Waals surface area contributed by atoms with Crippen molar-refractivity contribution >= 4 is 11.6 Å². The van der Waals surface area contributed by atoms with Gasteiger partial charge in [0, 0.05) is 11.8 Å². The first kappa shape index (κ1) is 17.5. The second kappa shape index (κ2) is 6.87. The minimum Gasteiger partial charge on any atom is -0.497 e. The number of allylic oxidation sites excluding steroid dienone is 1. The number of fused-ring (bicyclic) bond motifs is 1. The van der Waals surface area contributed by atoms with Crippen LogP contribution in [0.4, 0.5) is 0 Å². The summed E-state index contributed by atoms with van der Waals surface area (Å²) >= 11 is 0. The first-order chi connectivity index (χ1) is 11.9. The Morgan fingerprint density at radius 1 is 1.24 bits per heavy atom. The number of rotatable bonds is 5. The predicted octanol–water partition coefficient (Wildman–Crippen LogP) is 3.40. The van der Waals surface area contributed by atoms with Crippen LogP contribution in [0.5, 0.6) is 0 Å². The van der Waals surface area contributed by atoms with Gasteiger partial charge in [0.25, 0.3) is 0 Å². The first-order valence-corrected chi connectivity index (χ1v) is 8.73. The fraction of sp³-hybridized carbons (Fsp3) is 0.429. The van der Waals surface area contributed by atoms with Gasteiger partial charge in [-0.25, -0.2) is 0 Å². The number of hydrogen-bond donors (Lipinski definition) is 0. The molecule has 0 aromatic heterocycles. The van der Waals surface area contributed by atoms with Gasteiger partial charge in [0.15, 0.2) is 5.78 Å². The molecule has 1 aromatic carbocycles. The molecule has 1 aliphatic carbocycles. The van der Waals surface area contributed by atoms with Crippen LogP contribution >= 0.6 is 0 Å². The molecule has 0 saturated carbocycles. The third-order valence-electron chi connectivity index (χ3n) is 4.72. The minimum absolute atomic E-state index is 0.0463. The summed E-state index contributed by atoms with van der Waals surface area (Å²) in [6, 6.07) is 10.4. The number of carbonyl (C=O) groups excluding carboxylic acids is 1. The van der Waals surface area contributed by atoms with E-state index in [1.165, 1.54) is 5.56 Å². The van der Waals surface area contributed by atoms with Crippen LogP contribution in [-0.4, -0.2) is 42.3 Å². The highest BCUT2D eigenvalue weighted by Crippen LogP contribution is 2.28. The van der Waals surface area contributed by atoms with Crippen molar-refractivity contribution in [3.05, 3.63) is 59.9 Å². The van der Waals surface area contributed by atoms with E-state index in [2.05, 4.69) is 29.2 Å². The molecule has 0 bridgehead atoms. The molecule has 4 heteroatoms. The molecule has 2 unspecified atom stereocenters. The van der Waals surface area contributed by atoms with Gasteiger partial charge in [-0.3, -0.25) is 9.79 Å². The summed E-state index contributed by atoms with van der Waals surface area (Å²) in [4.78, 5) is 19.7. The summed E-state index contributed by atoms with van der Waals surface area (Å²) in [5, 5.41) is 0. The van der Waals surface area contributed by atoms with Crippen LogP contribution in [0.2, 0.25) is 0 Å². The molecule has 2 atom stereocenters. The second-order valence-electron chi connectivity index (χ2n) is 7.62. The van der Waals surface area contributed by atoms with Crippen LogP contribution in [0.15, 0.2) is 59.3 Å². The average molecular weight is 338 g/mol. The smallest absolute Gasteiger partial charge is 0.157 e. The molecule has 0 spiro atoms. The van der Waals surface area contributed by atoms with Gasteiger partial charge in [-0.15, -0.1) is 0 Å².